The summed E-state index contributed by atoms with van der Waals surface area (Å²) in [6.45, 7) is 2.68. The number of benzene rings is 1. The summed E-state index contributed by atoms with van der Waals surface area (Å²) in [4.78, 5) is 11.9. The van der Waals surface area contributed by atoms with Crippen molar-refractivity contribution in [1.29, 1.82) is 0 Å². The van der Waals surface area contributed by atoms with E-state index in [2.05, 4.69) is 10.0 Å². The fourth-order valence-corrected chi connectivity index (χ4v) is 2.96. The average Bonchev–Trinajstić information content (AvgIpc) is 2.44. The summed E-state index contributed by atoms with van der Waals surface area (Å²) in [7, 11) is -3.15. The topological polar surface area (TPSA) is 75.3 Å². The molecule has 5 nitrogen and oxygen atoms in total. The van der Waals surface area contributed by atoms with Crippen LogP contribution in [0, 0.1) is 0 Å². The van der Waals surface area contributed by atoms with Crippen molar-refractivity contribution in [2.45, 2.75) is 24.3 Å². The second-order valence-corrected chi connectivity index (χ2v) is 7.91. The van der Waals surface area contributed by atoms with Crippen LogP contribution in [0.1, 0.15) is 18.9 Å². The summed E-state index contributed by atoms with van der Waals surface area (Å²) in [5.74, 6) is 0.778. The number of amides is 1. The number of rotatable bonds is 9. The summed E-state index contributed by atoms with van der Waals surface area (Å²) in [6, 6.07) is 10.0. The molecule has 0 heterocycles. The normalized spacial score (nSPS) is 12.9. The van der Waals surface area contributed by atoms with Crippen molar-refractivity contribution in [2.75, 3.05) is 19.3 Å². The first-order chi connectivity index (χ1) is 9.88. The molecule has 0 aliphatic carbocycles. The number of hydrogen-bond donors (Lipinski definition) is 2. The van der Waals surface area contributed by atoms with Gasteiger partial charge in [0.1, 0.15) is 0 Å². The second-order valence-electron chi connectivity index (χ2n) is 4.75. The van der Waals surface area contributed by atoms with Crippen molar-refractivity contribution >= 4 is 27.7 Å². The minimum Gasteiger partial charge on any atom is -0.355 e. The first-order valence-electron chi connectivity index (χ1n) is 6.76. The van der Waals surface area contributed by atoms with Crippen LogP contribution in [0.5, 0.6) is 0 Å². The number of hydrogen-bond acceptors (Lipinski definition) is 4. The molecule has 0 aliphatic heterocycles. The Morgan fingerprint density at radius 2 is 1.90 bits per heavy atom. The average molecular weight is 330 g/mol. The largest absolute Gasteiger partial charge is 0.355 e. The molecule has 0 saturated heterocycles. The van der Waals surface area contributed by atoms with Crippen molar-refractivity contribution < 1.29 is 13.2 Å². The standard InChI is InChI=1S/C14H22N2O3S2/c1-12(20-11-13-7-4-3-5-8-13)14(17)15-9-6-10-16-21(2,18)19/h3-5,7-8,12,16H,6,9-11H2,1-2H3,(H,15,17)/t12-/m0/s1. The zero-order chi connectivity index (χ0) is 15.7. The van der Waals surface area contributed by atoms with Crippen molar-refractivity contribution in [2.24, 2.45) is 0 Å². The molecule has 0 saturated carbocycles. The molecule has 0 aromatic heterocycles. The minimum absolute atomic E-state index is 0.0183. The van der Waals surface area contributed by atoms with Crippen LogP contribution in [0.15, 0.2) is 30.3 Å². The maximum Gasteiger partial charge on any atom is 0.232 e. The van der Waals surface area contributed by atoms with Crippen molar-refractivity contribution in [1.82, 2.24) is 10.0 Å². The Bertz CT molecular complexity index is 532. The van der Waals surface area contributed by atoms with Gasteiger partial charge in [-0.05, 0) is 18.9 Å². The number of carbonyl (C=O) groups is 1. The van der Waals surface area contributed by atoms with Crippen LogP contribution in [0.3, 0.4) is 0 Å². The van der Waals surface area contributed by atoms with Gasteiger partial charge in [-0.15, -0.1) is 11.8 Å². The van der Waals surface area contributed by atoms with Crippen LogP contribution in [-0.4, -0.2) is 38.9 Å². The first kappa shape index (κ1) is 18.0. The predicted molar refractivity (Wildman–Crippen MR) is 87.7 cm³/mol. The van der Waals surface area contributed by atoms with Gasteiger partial charge in [0.2, 0.25) is 15.9 Å². The van der Waals surface area contributed by atoms with E-state index in [1.165, 1.54) is 5.56 Å². The van der Waals surface area contributed by atoms with Gasteiger partial charge in [0.05, 0.1) is 11.5 Å². The zero-order valence-corrected chi connectivity index (χ0v) is 14.0. The van der Waals surface area contributed by atoms with Crippen molar-refractivity contribution in [3.05, 3.63) is 35.9 Å². The van der Waals surface area contributed by atoms with E-state index >= 15 is 0 Å². The lowest BCUT2D eigenvalue weighted by Gasteiger charge is -2.12. The molecule has 7 heteroatoms. The highest BCUT2D eigenvalue weighted by Crippen LogP contribution is 2.17. The van der Waals surface area contributed by atoms with E-state index < -0.39 is 10.0 Å². The first-order valence-corrected chi connectivity index (χ1v) is 9.70. The van der Waals surface area contributed by atoms with Gasteiger partial charge < -0.3 is 5.32 Å². The third-order valence-electron chi connectivity index (χ3n) is 2.73. The Labute approximate surface area is 130 Å². The number of carbonyl (C=O) groups excluding carboxylic acids is 1. The van der Waals surface area contributed by atoms with Crippen LogP contribution in [-0.2, 0) is 20.6 Å². The van der Waals surface area contributed by atoms with Gasteiger partial charge in [0, 0.05) is 18.8 Å². The van der Waals surface area contributed by atoms with Crippen LogP contribution in [0.2, 0.25) is 0 Å². The van der Waals surface area contributed by atoms with E-state index in [0.29, 0.717) is 19.5 Å². The fourth-order valence-electron chi connectivity index (χ4n) is 1.57. The molecule has 1 rings (SSSR count). The molecule has 0 fully saturated rings. The lowest BCUT2D eigenvalue weighted by Crippen LogP contribution is -2.33. The minimum atomic E-state index is -3.15. The maximum absolute atomic E-state index is 11.9. The van der Waals surface area contributed by atoms with E-state index in [1.54, 1.807) is 11.8 Å². The molecule has 1 amide bonds. The Balaban J connectivity index is 2.16. The van der Waals surface area contributed by atoms with Crippen LogP contribution in [0.4, 0.5) is 0 Å². The SMILES string of the molecule is C[C@H](SCc1ccccc1)C(=O)NCCCNS(C)(=O)=O. The molecular weight excluding hydrogens is 308 g/mol. The van der Waals surface area contributed by atoms with Gasteiger partial charge in [-0.3, -0.25) is 4.79 Å². The second kappa shape index (κ2) is 9.07. The van der Waals surface area contributed by atoms with E-state index in [4.69, 9.17) is 0 Å². The van der Waals surface area contributed by atoms with Gasteiger partial charge in [-0.2, -0.15) is 0 Å². The molecule has 0 radical (unpaired) electrons. The maximum atomic E-state index is 11.9. The van der Waals surface area contributed by atoms with E-state index in [9.17, 15) is 13.2 Å². The third-order valence-corrected chi connectivity index (χ3v) is 4.67. The summed E-state index contributed by atoms with van der Waals surface area (Å²) >= 11 is 1.58. The fraction of sp³-hybridized carbons (Fsp3) is 0.500. The Hall–Kier alpha value is -1.05. The van der Waals surface area contributed by atoms with Crippen molar-refractivity contribution in [3.8, 4) is 0 Å². The molecule has 1 atom stereocenters. The summed E-state index contributed by atoms with van der Waals surface area (Å²) < 4.78 is 24.1. The van der Waals surface area contributed by atoms with Crippen LogP contribution < -0.4 is 10.0 Å². The van der Waals surface area contributed by atoms with Gasteiger partial charge in [0.25, 0.3) is 0 Å². The van der Waals surface area contributed by atoms with E-state index in [0.717, 1.165) is 12.0 Å². The molecule has 0 bridgehead atoms. The monoisotopic (exact) mass is 330 g/mol. The third kappa shape index (κ3) is 8.75. The number of nitrogens with one attached hydrogen (secondary N) is 2. The summed E-state index contributed by atoms with van der Waals surface area (Å²) in [6.07, 6.45) is 1.70. The van der Waals surface area contributed by atoms with Gasteiger partial charge in [0.15, 0.2) is 0 Å². The number of sulfonamides is 1. The van der Waals surface area contributed by atoms with E-state index in [-0.39, 0.29) is 11.2 Å². The molecule has 118 valence electrons. The van der Waals surface area contributed by atoms with Gasteiger partial charge in [-0.25, -0.2) is 13.1 Å². The molecule has 1 aromatic carbocycles. The highest BCUT2D eigenvalue weighted by molar-refractivity contribution is 7.99. The van der Waals surface area contributed by atoms with Crippen LogP contribution in [0.25, 0.3) is 0 Å². The van der Waals surface area contributed by atoms with Crippen LogP contribution >= 0.6 is 11.8 Å². The molecule has 0 unspecified atom stereocenters. The highest BCUT2D eigenvalue weighted by Gasteiger charge is 2.12. The molecule has 0 aliphatic rings. The highest BCUT2D eigenvalue weighted by atomic mass is 32.2. The summed E-state index contributed by atoms with van der Waals surface area (Å²) in [5, 5.41) is 2.68. The molecule has 2 N–H and O–H groups in total. The lowest BCUT2D eigenvalue weighted by atomic mass is 10.2. The molecular formula is C14H22N2O3S2. The number of thioether (sulfide) groups is 1. The quantitative estimate of drug-likeness (QED) is 0.671. The molecule has 1 aromatic rings. The Kier molecular flexibility index (Phi) is 7.77. The predicted octanol–water partition coefficient (Wildman–Crippen LogP) is 1.36. The van der Waals surface area contributed by atoms with E-state index in [1.807, 2.05) is 37.3 Å². The van der Waals surface area contributed by atoms with Gasteiger partial charge >= 0.3 is 0 Å². The molecule has 21 heavy (non-hydrogen) atoms. The van der Waals surface area contributed by atoms with Gasteiger partial charge in [-0.1, -0.05) is 30.3 Å². The van der Waals surface area contributed by atoms with Crippen molar-refractivity contribution in [3.63, 3.8) is 0 Å². The zero-order valence-electron chi connectivity index (χ0n) is 12.3. The lowest BCUT2D eigenvalue weighted by molar-refractivity contribution is -0.120. The summed E-state index contributed by atoms with van der Waals surface area (Å²) in [5.41, 5.74) is 1.19. The smallest absolute Gasteiger partial charge is 0.232 e. The Morgan fingerprint density at radius 1 is 1.24 bits per heavy atom. The Morgan fingerprint density at radius 3 is 2.52 bits per heavy atom. The molecule has 0 spiro atoms.